The smallest absolute Gasteiger partial charge is 0.362 e. The molecule has 0 bridgehead atoms. The molecule has 0 aliphatic heterocycles. The molecule has 0 fully saturated rings. The van der Waals surface area contributed by atoms with E-state index in [9.17, 15) is 18.0 Å². The minimum absolute atomic E-state index is 0.320. The number of ether oxygens (including phenoxy) is 1. The van der Waals surface area contributed by atoms with Gasteiger partial charge in [-0.15, -0.1) is 0 Å². The molecule has 16 heavy (non-hydrogen) atoms. The van der Waals surface area contributed by atoms with Crippen LogP contribution in [0.5, 0.6) is 0 Å². The number of halogens is 3. The minimum Gasteiger partial charge on any atom is -0.362 e. The molecule has 0 saturated carbocycles. The van der Waals surface area contributed by atoms with E-state index < -0.39 is 30.8 Å². The van der Waals surface area contributed by atoms with Crippen LogP contribution in [0, 0.1) is 0 Å². The first kappa shape index (κ1) is 15.2. The van der Waals surface area contributed by atoms with Gasteiger partial charge in [-0.05, 0) is 20.8 Å². The molecule has 0 aromatic rings. The molecule has 1 unspecified atom stereocenters. The fraction of sp³-hybridized carbons (Fsp3) is 0.889. The quantitative estimate of drug-likeness (QED) is 0.749. The molecule has 96 valence electrons. The van der Waals surface area contributed by atoms with Gasteiger partial charge in [0.25, 0.3) is 0 Å². The molecule has 0 aliphatic carbocycles. The molecule has 0 aromatic heterocycles. The van der Waals surface area contributed by atoms with Crippen molar-refractivity contribution in [2.45, 2.75) is 38.5 Å². The number of amides is 1. The highest BCUT2D eigenvalue weighted by Crippen LogP contribution is 2.14. The SMILES string of the molecule is CC(N)C(C)(C)NC(=O)COCC(F)(F)F. The van der Waals surface area contributed by atoms with Crippen LogP contribution in [-0.2, 0) is 9.53 Å². The number of hydrogen-bond donors (Lipinski definition) is 2. The number of alkyl halides is 3. The van der Waals surface area contributed by atoms with Crippen LogP contribution in [0.4, 0.5) is 13.2 Å². The van der Waals surface area contributed by atoms with Gasteiger partial charge < -0.3 is 15.8 Å². The van der Waals surface area contributed by atoms with Gasteiger partial charge in [-0.2, -0.15) is 13.2 Å². The molecule has 1 amide bonds. The van der Waals surface area contributed by atoms with Crippen molar-refractivity contribution in [2.75, 3.05) is 13.2 Å². The Balaban J connectivity index is 3.93. The zero-order valence-corrected chi connectivity index (χ0v) is 9.52. The molecule has 4 nitrogen and oxygen atoms in total. The molecular formula is C9H17F3N2O2. The van der Waals surface area contributed by atoms with Gasteiger partial charge in [0.15, 0.2) is 0 Å². The lowest BCUT2D eigenvalue weighted by molar-refractivity contribution is -0.176. The molecule has 0 spiro atoms. The van der Waals surface area contributed by atoms with Crippen LogP contribution < -0.4 is 11.1 Å². The van der Waals surface area contributed by atoms with Crippen LogP contribution in [0.2, 0.25) is 0 Å². The predicted octanol–water partition coefficient (Wildman–Crippen LogP) is 0.807. The van der Waals surface area contributed by atoms with Crippen molar-refractivity contribution >= 4 is 5.91 Å². The monoisotopic (exact) mass is 242 g/mol. The highest BCUT2D eigenvalue weighted by molar-refractivity contribution is 5.78. The van der Waals surface area contributed by atoms with E-state index in [4.69, 9.17) is 5.73 Å². The maximum Gasteiger partial charge on any atom is 0.411 e. The second kappa shape index (κ2) is 5.49. The van der Waals surface area contributed by atoms with Crippen LogP contribution in [-0.4, -0.2) is 36.9 Å². The van der Waals surface area contributed by atoms with Crippen molar-refractivity contribution in [3.05, 3.63) is 0 Å². The van der Waals surface area contributed by atoms with Crippen molar-refractivity contribution in [3.8, 4) is 0 Å². The fourth-order valence-electron chi connectivity index (χ4n) is 0.769. The molecule has 0 heterocycles. The van der Waals surface area contributed by atoms with Crippen molar-refractivity contribution in [3.63, 3.8) is 0 Å². The van der Waals surface area contributed by atoms with Gasteiger partial charge in [0, 0.05) is 11.6 Å². The third kappa shape index (κ3) is 6.62. The van der Waals surface area contributed by atoms with E-state index in [1.807, 2.05) is 0 Å². The third-order valence-electron chi connectivity index (χ3n) is 2.10. The number of nitrogens with one attached hydrogen (secondary N) is 1. The maximum atomic E-state index is 11.7. The number of hydrogen-bond acceptors (Lipinski definition) is 3. The van der Waals surface area contributed by atoms with Crippen LogP contribution in [0.1, 0.15) is 20.8 Å². The summed E-state index contributed by atoms with van der Waals surface area (Å²) >= 11 is 0. The molecule has 3 N–H and O–H groups in total. The van der Waals surface area contributed by atoms with Crippen molar-refractivity contribution < 1.29 is 22.7 Å². The maximum absolute atomic E-state index is 11.7. The van der Waals surface area contributed by atoms with E-state index in [2.05, 4.69) is 10.1 Å². The Morgan fingerprint density at radius 2 is 1.94 bits per heavy atom. The number of carbonyl (C=O) groups excluding carboxylic acids is 1. The molecule has 0 aliphatic rings. The fourth-order valence-corrected chi connectivity index (χ4v) is 0.769. The lowest BCUT2D eigenvalue weighted by atomic mass is 9.97. The van der Waals surface area contributed by atoms with E-state index in [-0.39, 0.29) is 6.04 Å². The summed E-state index contributed by atoms with van der Waals surface area (Å²) in [6.45, 7) is 2.99. The second-order valence-electron chi connectivity index (χ2n) is 4.17. The number of nitrogens with two attached hydrogens (primary N) is 1. The normalized spacial score (nSPS) is 14.7. The first-order chi connectivity index (χ1) is 7.04. The van der Waals surface area contributed by atoms with Gasteiger partial charge >= 0.3 is 6.18 Å². The Morgan fingerprint density at radius 1 is 1.44 bits per heavy atom. The van der Waals surface area contributed by atoms with Crippen molar-refractivity contribution in [1.29, 1.82) is 0 Å². The summed E-state index contributed by atoms with van der Waals surface area (Å²) in [6, 6.07) is -0.320. The van der Waals surface area contributed by atoms with Gasteiger partial charge in [-0.3, -0.25) is 4.79 Å². The summed E-state index contributed by atoms with van der Waals surface area (Å²) in [6.07, 6.45) is -4.42. The molecule has 0 rings (SSSR count). The standard InChI is InChI=1S/C9H17F3N2O2/c1-6(13)8(2,3)14-7(15)4-16-5-9(10,11)12/h6H,4-5,13H2,1-3H3,(H,14,15). The molecule has 0 radical (unpaired) electrons. The summed E-state index contributed by atoms with van der Waals surface area (Å²) in [5.41, 5.74) is 4.90. The van der Waals surface area contributed by atoms with E-state index in [0.717, 1.165) is 0 Å². The van der Waals surface area contributed by atoms with E-state index in [1.165, 1.54) is 0 Å². The molecule has 1 atom stereocenters. The van der Waals surface area contributed by atoms with Gasteiger partial charge in [0.1, 0.15) is 13.2 Å². The Morgan fingerprint density at radius 3 is 2.31 bits per heavy atom. The molecule has 0 saturated heterocycles. The summed E-state index contributed by atoms with van der Waals surface area (Å²) < 4.78 is 39.3. The highest BCUT2D eigenvalue weighted by Gasteiger charge is 2.29. The average Bonchev–Trinajstić information content (AvgIpc) is 1.99. The summed E-state index contributed by atoms with van der Waals surface area (Å²) in [5, 5.41) is 2.49. The number of carbonyl (C=O) groups is 1. The zero-order valence-electron chi connectivity index (χ0n) is 9.52. The Labute approximate surface area is 92.3 Å². The molecular weight excluding hydrogens is 225 g/mol. The Hall–Kier alpha value is -0.820. The Bertz CT molecular complexity index is 239. The van der Waals surface area contributed by atoms with Gasteiger partial charge in [-0.1, -0.05) is 0 Å². The largest absolute Gasteiger partial charge is 0.411 e. The Kier molecular flexibility index (Phi) is 5.21. The van der Waals surface area contributed by atoms with Crippen molar-refractivity contribution in [1.82, 2.24) is 5.32 Å². The minimum atomic E-state index is -4.42. The van der Waals surface area contributed by atoms with Gasteiger partial charge in [0.05, 0.1) is 0 Å². The zero-order chi connectivity index (χ0) is 13.0. The van der Waals surface area contributed by atoms with E-state index >= 15 is 0 Å². The van der Waals surface area contributed by atoms with Crippen LogP contribution in [0.15, 0.2) is 0 Å². The van der Waals surface area contributed by atoms with Gasteiger partial charge in [0.2, 0.25) is 5.91 Å². The number of rotatable bonds is 5. The third-order valence-corrected chi connectivity index (χ3v) is 2.10. The highest BCUT2D eigenvalue weighted by atomic mass is 19.4. The van der Waals surface area contributed by atoms with Crippen LogP contribution in [0.3, 0.4) is 0 Å². The van der Waals surface area contributed by atoms with E-state index in [0.29, 0.717) is 0 Å². The molecule has 0 aromatic carbocycles. The first-order valence-electron chi connectivity index (χ1n) is 4.75. The van der Waals surface area contributed by atoms with Crippen LogP contribution in [0.25, 0.3) is 0 Å². The summed E-state index contributed by atoms with van der Waals surface area (Å²) in [4.78, 5) is 11.2. The lowest BCUT2D eigenvalue weighted by Crippen LogP contribution is -2.55. The van der Waals surface area contributed by atoms with Crippen LogP contribution >= 0.6 is 0 Å². The van der Waals surface area contributed by atoms with Gasteiger partial charge in [-0.25, -0.2) is 0 Å². The average molecular weight is 242 g/mol. The summed E-state index contributed by atoms with van der Waals surface area (Å²) in [7, 11) is 0. The second-order valence-corrected chi connectivity index (χ2v) is 4.17. The molecule has 7 heteroatoms. The van der Waals surface area contributed by atoms with E-state index in [1.54, 1.807) is 20.8 Å². The lowest BCUT2D eigenvalue weighted by Gasteiger charge is -2.30. The first-order valence-corrected chi connectivity index (χ1v) is 4.75. The predicted molar refractivity (Wildman–Crippen MR) is 52.7 cm³/mol. The summed E-state index contributed by atoms with van der Waals surface area (Å²) in [5.74, 6) is -0.619. The topological polar surface area (TPSA) is 64.3 Å². The van der Waals surface area contributed by atoms with Crippen molar-refractivity contribution in [2.24, 2.45) is 5.73 Å².